The Bertz CT molecular complexity index is 264. The van der Waals surface area contributed by atoms with Gasteiger partial charge in [-0.05, 0) is 33.1 Å². The molecule has 2 rings (SSSR count). The number of hydrogen-bond acceptors (Lipinski definition) is 3. The van der Waals surface area contributed by atoms with Crippen LogP contribution in [0.2, 0.25) is 0 Å². The van der Waals surface area contributed by atoms with Gasteiger partial charge in [-0.3, -0.25) is 0 Å². The lowest BCUT2D eigenvalue weighted by Gasteiger charge is -2.22. The van der Waals surface area contributed by atoms with Crippen molar-refractivity contribution in [2.24, 2.45) is 5.92 Å². The number of amides is 1. The third-order valence-electron chi connectivity index (χ3n) is 2.79. The second-order valence-corrected chi connectivity index (χ2v) is 5.80. The predicted octanol–water partition coefficient (Wildman–Crippen LogP) is 2.08. The van der Waals surface area contributed by atoms with Crippen molar-refractivity contribution >= 4 is 6.09 Å². The monoisotopic (exact) mass is 227 g/mol. The molecule has 4 heteroatoms. The van der Waals surface area contributed by atoms with Crippen LogP contribution in [-0.4, -0.2) is 30.4 Å². The van der Waals surface area contributed by atoms with E-state index in [9.17, 15) is 4.79 Å². The smallest absolute Gasteiger partial charge is 0.407 e. The highest BCUT2D eigenvalue weighted by Gasteiger charge is 2.38. The Labute approximate surface area is 96.7 Å². The lowest BCUT2D eigenvalue weighted by Crippen LogP contribution is -2.42. The predicted molar refractivity (Wildman–Crippen MR) is 60.2 cm³/mol. The van der Waals surface area contributed by atoms with Crippen molar-refractivity contribution in [1.29, 1.82) is 0 Å². The van der Waals surface area contributed by atoms with Crippen molar-refractivity contribution in [3.63, 3.8) is 0 Å². The largest absolute Gasteiger partial charge is 0.444 e. The van der Waals surface area contributed by atoms with Crippen LogP contribution in [0.25, 0.3) is 0 Å². The quantitative estimate of drug-likeness (QED) is 0.748. The highest BCUT2D eigenvalue weighted by Crippen LogP contribution is 2.35. The number of ether oxygens (including phenoxy) is 2. The van der Waals surface area contributed by atoms with Crippen LogP contribution in [0.4, 0.5) is 4.79 Å². The third-order valence-corrected chi connectivity index (χ3v) is 2.79. The summed E-state index contributed by atoms with van der Waals surface area (Å²) in [5, 5.41) is 2.92. The fourth-order valence-corrected chi connectivity index (χ4v) is 1.76. The Morgan fingerprint density at radius 3 is 2.56 bits per heavy atom. The minimum absolute atomic E-state index is 0.141. The van der Waals surface area contributed by atoms with E-state index < -0.39 is 5.60 Å². The summed E-state index contributed by atoms with van der Waals surface area (Å²) in [6.45, 7) is 6.38. The van der Waals surface area contributed by atoms with Crippen LogP contribution in [0.3, 0.4) is 0 Å². The molecule has 1 heterocycles. The number of carbonyl (C=O) groups excluding carboxylic acids is 1. The molecule has 1 saturated heterocycles. The number of rotatable bonds is 4. The molecule has 0 spiro atoms. The second-order valence-electron chi connectivity index (χ2n) is 5.80. The van der Waals surface area contributed by atoms with E-state index in [4.69, 9.17) is 9.47 Å². The Kier molecular flexibility index (Phi) is 3.10. The highest BCUT2D eigenvalue weighted by molar-refractivity contribution is 5.68. The van der Waals surface area contributed by atoms with Gasteiger partial charge in [-0.2, -0.15) is 0 Å². The van der Waals surface area contributed by atoms with Gasteiger partial charge in [0.1, 0.15) is 11.7 Å². The summed E-state index contributed by atoms with van der Waals surface area (Å²) in [5.41, 5.74) is -0.432. The Morgan fingerprint density at radius 2 is 2.12 bits per heavy atom. The average Bonchev–Trinajstić information content (AvgIpc) is 2.96. The Hall–Kier alpha value is -0.770. The number of epoxide rings is 1. The summed E-state index contributed by atoms with van der Waals surface area (Å²) in [7, 11) is 0. The van der Waals surface area contributed by atoms with Gasteiger partial charge in [0.2, 0.25) is 0 Å². The zero-order valence-electron chi connectivity index (χ0n) is 10.3. The SMILES string of the molecule is CC(C)(C)OC(=O)NC(CC1CC1)C1CO1. The Morgan fingerprint density at radius 1 is 1.50 bits per heavy atom. The van der Waals surface area contributed by atoms with Crippen molar-refractivity contribution in [2.75, 3.05) is 6.61 Å². The summed E-state index contributed by atoms with van der Waals surface area (Å²) in [4.78, 5) is 11.6. The maximum Gasteiger partial charge on any atom is 0.407 e. The average molecular weight is 227 g/mol. The molecule has 1 aliphatic heterocycles. The summed E-state index contributed by atoms with van der Waals surface area (Å²) in [6.07, 6.45) is 3.50. The molecular weight excluding hydrogens is 206 g/mol. The van der Waals surface area contributed by atoms with Gasteiger partial charge in [0.25, 0.3) is 0 Å². The molecule has 2 atom stereocenters. The molecule has 0 aromatic rings. The van der Waals surface area contributed by atoms with Crippen molar-refractivity contribution < 1.29 is 14.3 Å². The first kappa shape index (κ1) is 11.7. The minimum atomic E-state index is -0.432. The molecular formula is C12H21NO3. The Balaban J connectivity index is 1.77. The fourth-order valence-electron chi connectivity index (χ4n) is 1.76. The van der Waals surface area contributed by atoms with Gasteiger partial charge in [0.05, 0.1) is 12.6 Å². The van der Waals surface area contributed by atoms with Crippen molar-refractivity contribution in [3.05, 3.63) is 0 Å². The van der Waals surface area contributed by atoms with Crippen LogP contribution in [-0.2, 0) is 9.47 Å². The van der Waals surface area contributed by atoms with Crippen LogP contribution in [0, 0.1) is 5.92 Å². The van der Waals surface area contributed by atoms with Gasteiger partial charge >= 0.3 is 6.09 Å². The minimum Gasteiger partial charge on any atom is -0.444 e. The van der Waals surface area contributed by atoms with Crippen LogP contribution in [0.15, 0.2) is 0 Å². The molecule has 1 N–H and O–H groups in total. The van der Waals surface area contributed by atoms with Crippen molar-refractivity contribution in [3.8, 4) is 0 Å². The van der Waals surface area contributed by atoms with Gasteiger partial charge in [0, 0.05) is 0 Å². The molecule has 2 fully saturated rings. The number of carbonyl (C=O) groups is 1. The molecule has 92 valence electrons. The topological polar surface area (TPSA) is 50.9 Å². The van der Waals surface area contributed by atoms with Gasteiger partial charge in [-0.1, -0.05) is 12.8 Å². The molecule has 2 aliphatic rings. The molecule has 0 aromatic carbocycles. The molecule has 2 unspecified atom stereocenters. The second kappa shape index (κ2) is 4.24. The summed E-state index contributed by atoms with van der Waals surface area (Å²) >= 11 is 0. The highest BCUT2D eigenvalue weighted by atomic mass is 16.6. The van der Waals surface area contributed by atoms with Crippen molar-refractivity contribution in [1.82, 2.24) is 5.32 Å². The van der Waals surface area contributed by atoms with E-state index in [1.165, 1.54) is 12.8 Å². The maximum atomic E-state index is 11.6. The third kappa shape index (κ3) is 4.00. The molecule has 0 radical (unpaired) electrons. The normalized spacial score (nSPS) is 26.1. The fraction of sp³-hybridized carbons (Fsp3) is 0.917. The van der Waals surface area contributed by atoms with E-state index >= 15 is 0 Å². The van der Waals surface area contributed by atoms with E-state index in [0.29, 0.717) is 0 Å². The molecule has 1 aliphatic carbocycles. The number of nitrogens with one attached hydrogen (secondary N) is 1. The summed E-state index contributed by atoms with van der Waals surface area (Å²) < 4.78 is 10.5. The first-order chi connectivity index (χ1) is 7.44. The number of alkyl carbamates (subject to hydrolysis) is 1. The van der Waals surface area contributed by atoms with E-state index in [1.807, 2.05) is 20.8 Å². The van der Waals surface area contributed by atoms with E-state index in [0.717, 1.165) is 18.9 Å². The van der Waals surface area contributed by atoms with Gasteiger partial charge in [0.15, 0.2) is 0 Å². The first-order valence-corrected chi connectivity index (χ1v) is 6.05. The van der Waals surface area contributed by atoms with E-state index in [2.05, 4.69) is 5.32 Å². The molecule has 0 aromatic heterocycles. The van der Waals surface area contributed by atoms with Gasteiger partial charge in [-0.25, -0.2) is 4.79 Å². The zero-order valence-corrected chi connectivity index (χ0v) is 10.3. The molecule has 16 heavy (non-hydrogen) atoms. The molecule has 1 saturated carbocycles. The molecule has 4 nitrogen and oxygen atoms in total. The van der Waals surface area contributed by atoms with Crippen LogP contribution >= 0.6 is 0 Å². The van der Waals surface area contributed by atoms with Crippen LogP contribution < -0.4 is 5.32 Å². The maximum absolute atomic E-state index is 11.6. The standard InChI is InChI=1S/C12H21NO3/c1-12(2,3)16-11(14)13-9(10-7-15-10)6-8-4-5-8/h8-10H,4-7H2,1-3H3,(H,13,14). The summed E-state index contributed by atoms with van der Waals surface area (Å²) in [5.74, 6) is 0.782. The van der Waals surface area contributed by atoms with Crippen molar-refractivity contribution in [2.45, 2.75) is 57.8 Å². The lowest BCUT2D eigenvalue weighted by atomic mass is 10.1. The molecule has 0 bridgehead atoms. The van der Waals surface area contributed by atoms with E-state index in [-0.39, 0.29) is 18.2 Å². The molecule has 1 amide bonds. The van der Waals surface area contributed by atoms with Gasteiger partial charge < -0.3 is 14.8 Å². The zero-order chi connectivity index (χ0) is 11.8. The van der Waals surface area contributed by atoms with Crippen LogP contribution in [0.5, 0.6) is 0 Å². The van der Waals surface area contributed by atoms with Crippen LogP contribution in [0.1, 0.15) is 40.0 Å². The summed E-state index contributed by atoms with van der Waals surface area (Å²) in [6, 6.07) is 0.141. The number of hydrogen-bond donors (Lipinski definition) is 1. The van der Waals surface area contributed by atoms with Gasteiger partial charge in [-0.15, -0.1) is 0 Å². The van der Waals surface area contributed by atoms with E-state index in [1.54, 1.807) is 0 Å². The lowest BCUT2D eigenvalue weighted by molar-refractivity contribution is 0.0490. The first-order valence-electron chi connectivity index (χ1n) is 6.05.